The predicted octanol–water partition coefficient (Wildman–Crippen LogP) is 4.17. The molecule has 0 aliphatic carbocycles. The van der Waals surface area contributed by atoms with E-state index in [4.69, 9.17) is 0 Å². The van der Waals surface area contributed by atoms with E-state index < -0.39 is 0 Å². The summed E-state index contributed by atoms with van der Waals surface area (Å²) in [6.07, 6.45) is 7.49. The summed E-state index contributed by atoms with van der Waals surface area (Å²) in [5, 5.41) is 0. The van der Waals surface area contributed by atoms with Crippen molar-refractivity contribution >= 4 is 0 Å². The first-order chi connectivity index (χ1) is 5.24. The van der Waals surface area contributed by atoms with Crippen LogP contribution in [0.2, 0.25) is 0 Å². The topological polar surface area (TPSA) is 0 Å². The first kappa shape index (κ1) is 10.7. The lowest BCUT2D eigenvalue weighted by atomic mass is 9.98. The van der Waals surface area contributed by atoms with Crippen LogP contribution < -0.4 is 0 Å². The van der Waals surface area contributed by atoms with Gasteiger partial charge in [0.05, 0.1) is 0 Å². The second kappa shape index (κ2) is 6.45. The fourth-order valence-electron chi connectivity index (χ4n) is 1.16. The maximum Gasteiger partial charge on any atom is -0.0318 e. The first-order valence-corrected chi connectivity index (χ1v) is 4.88. The van der Waals surface area contributed by atoms with E-state index >= 15 is 0 Å². The minimum atomic E-state index is 0.900. The summed E-state index contributed by atoms with van der Waals surface area (Å²) in [5.74, 6) is 0.900. The van der Waals surface area contributed by atoms with E-state index in [0.717, 1.165) is 5.92 Å². The molecule has 1 unspecified atom stereocenters. The zero-order chi connectivity index (χ0) is 8.69. The summed E-state index contributed by atoms with van der Waals surface area (Å²) in [7, 11) is 0. The van der Waals surface area contributed by atoms with Crippen LogP contribution in [0.4, 0.5) is 0 Å². The van der Waals surface area contributed by atoms with Crippen molar-refractivity contribution < 1.29 is 0 Å². The fraction of sp³-hybridized carbons (Fsp3) is 0.818. The van der Waals surface area contributed by atoms with Gasteiger partial charge in [-0.05, 0) is 32.1 Å². The van der Waals surface area contributed by atoms with Gasteiger partial charge >= 0.3 is 0 Å². The molecule has 0 spiro atoms. The largest absolute Gasteiger partial charge is 0.0885 e. The Morgan fingerprint density at radius 3 is 2.36 bits per heavy atom. The van der Waals surface area contributed by atoms with E-state index in [-0.39, 0.29) is 0 Å². The van der Waals surface area contributed by atoms with Crippen molar-refractivity contribution in [1.29, 1.82) is 0 Å². The summed E-state index contributed by atoms with van der Waals surface area (Å²) >= 11 is 0. The zero-order valence-electron chi connectivity index (χ0n) is 8.48. The molecule has 0 bridgehead atoms. The lowest BCUT2D eigenvalue weighted by Gasteiger charge is -2.08. The second-order valence-electron chi connectivity index (χ2n) is 3.35. The van der Waals surface area contributed by atoms with Gasteiger partial charge in [0.25, 0.3) is 0 Å². The molecular formula is C11H22. The van der Waals surface area contributed by atoms with Gasteiger partial charge in [-0.3, -0.25) is 0 Å². The van der Waals surface area contributed by atoms with Gasteiger partial charge in [-0.1, -0.05) is 38.8 Å². The van der Waals surface area contributed by atoms with E-state index in [0.29, 0.717) is 0 Å². The maximum absolute atomic E-state index is 2.34. The number of hydrogen-bond acceptors (Lipinski definition) is 0. The van der Waals surface area contributed by atoms with E-state index in [9.17, 15) is 0 Å². The van der Waals surface area contributed by atoms with Gasteiger partial charge in [0.2, 0.25) is 0 Å². The van der Waals surface area contributed by atoms with Crippen LogP contribution >= 0.6 is 0 Å². The van der Waals surface area contributed by atoms with Gasteiger partial charge in [-0.15, -0.1) is 0 Å². The SMILES string of the molecule is CC=C(CC)CCC(C)CC. The average molecular weight is 154 g/mol. The van der Waals surface area contributed by atoms with Crippen LogP contribution in [0.3, 0.4) is 0 Å². The Bertz CT molecular complexity index is 111. The van der Waals surface area contributed by atoms with Crippen molar-refractivity contribution in [3.8, 4) is 0 Å². The minimum absolute atomic E-state index is 0.900. The van der Waals surface area contributed by atoms with Crippen molar-refractivity contribution in [1.82, 2.24) is 0 Å². The lowest BCUT2D eigenvalue weighted by molar-refractivity contribution is 0.512. The molecule has 0 heterocycles. The first-order valence-electron chi connectivity index (χ1n) is 4.88. The maximum atomic E-state index is 2.34. The summed E-state index contributed by atoms with van der Waals surface area (Å²) in [6, 6.07) is 0. The Hall–Kier alpha value is -0.260. The summed E-state index contributed by atoms with van der Waals surface area (Å²) < 4.78 is 0. The Morgan fingerprint density at radius 1 is 1.36 bits per heavy atom. The zero-order valence-corrected chi connectivity index (χ0v) is 8.48. The van der Waals surface area contributed by atoms with E-state index in [2.05, 4.69) is 33.8 Å². The van der Waals surface area contributed by atoms with Gasteiger partial charge in [0.15, 0.2) is 0 Å². The molecule has 0 nitrogen and oxygen atoms in total. The molecule has 0 saturated carbocycles. The van der Waals surface area contributed by atoms with Crippen LogP contribution in [-0.4, -0.2) is 0 Å². The molecule has 0 aliphatic heterocycles. The molecule has 66 valence electrons. The molecule has 0 N–H and O–H groups in total. The monoisotopic (exact) mass is 154 g/mol. The third-order valence-corrected chi connectivity index (χ3v) is 2.52. The molecule has 0 aliphatic rings. The highest BCUT2D eigenvalue weighted by molar-refractivity contribution is 4.98. The number of allylic oxidation sites excluding steroid dienone is 2. The average Bonchev–Trinajstić information content (AvgIpc) is 2.06. The fourth-order valence-corrected chi connectivity index (χ4v) is 1.16. The molecular weight excluding hydrogens is 132 g/mol. The molecule has 11 heavy (non-hydrogen) atoms. The molecule has 1 atom stereocenters. The van der Waals surface area contributed by atoms with Crippen molar-refractivity contribution in [3.63, 3.8) is 0 Å². The molecule has 0 rings (SSSR count). The highest BCUT2D eigenvalue weighted by Crippen LogP contribution is 2.16. The van der Waals surface area contributed by atoms with Crippen LogP contribution in [0.25, 0.3) is 0 Å². The van der Waals surface area contributed by atoms with Gasteiger partial charge in [0.1, 0.15) is 0 Å². The minimum Gasteiger partial charge on any atom is -0.0885 e. The van der Waals surface area contributed by atoms with E-state index in [1.165, 1.54) is 25.7 Å². The molecule has 0 radical (unpaired) electrons. The van der Waals surface area contributed by atoms with Gasteiger partial charge in [-0.25, -0.2) is 0 Å². The van der Waals surface area contributed by atoms with Gasteiger partial charge in [0, 0.05) is 0 Å². The molecule has 0 fully saturated rings. The van der Waals surface area contributed by atoms with Crippen LogP contribution in [0.5, 0.6) is 0 Å². The van der Waals surface area contributed by atoms with Crippen LogP contribution in [0.1, 0.15) is 53.4 Å². The van der Waals surface area contributed by atoms with Gasteiger partial charge < -0.3 is 0 Å². The van der Waals surface area contributed by atoms with E-state index in [1.807, 2.05) is 0 Å². The van der Waals surface area contributed by atoms with Crippen LogP contribution in [0.15, 0.2) is 11.6 Å². The van der Waals surface area contributed by atoms with Crippen molar-refractivity contribution in [2.75, 3.05) is 0 Å². The molecule has 0 aromatic rings. The van der Waals surface area contributed by atoms with Crippen LogP contribution in [-0.2, 0) is 0 Å². The van der Waals surface area contributed by atoms with Crippen LogP contribution in [0, 0.1) is 5.92 Å². The third kappa shape index (κ3) is 5.06. The highest BCUT2D eigenvalue weighted by atomic mass is 14.1. The summed E-state index contributed by atoms with van der Waals surface area (Å²) in [6.45, 7) is 9.00. The van der Waals surface area contributed by atoms with Crippen molar-refractivity contribution in [3.05, 3.63) is 11.6 Å². The Kier molecular flexibility index (Phi) is 6.30. The second-order valence-corrected chi connectivity index (χ2v) is 3.35. The van der Waals surface area contributed by atoms with E-state index in [1.54, 1.807) is 5.57 Å². The Balaban J connectivity index is 3.51. The summed E-state index contributed by atoms with van der Waals surface area (Å²) in [5.41, 5.74) is 1.62. The summed E-state index contributed by atoms with van der Waals surface area (Å²) in [4.78, 5) is 0. The Labute approximate surface area is 71.7 Å². The molecule has 0 heteroatoms. The highest BCUT2D eigenvalue weighted by Gasteiger charge is 1.99. The van der Waals surface area contributed by atoms with Crippen molar-refractivity contribution in [2.24, 2.45) is 5.92 Å². The normalized spacial score (nSPS) is 15.1. The van der Waals surface area contributed by atoms with Crippen molar-refractivity contribution in [2.45, 2.75) is 53.4 Å². The quantitative estimate of drug-likeness (QED) is 0.521. The smallest absolute Gasteiger partial charge is 0.0318 e. The standard InChI is InChI=1S/C11H22/c1-5-10(4)8-9-11(6-2)7-3/h6,10H,5,7-9H2,1-4H3. The predicted molar refractivity (Wildman–Crippen MR) is 52.7 cm³/mol. The molecule has 0 saturated heterocycles. The Morgan fingerprint density at radius 2 is 2.00 bits per heavy atom. The number of rotatable bonds is 5. The van der Waals surface area contributed by atoms with Gasteiger partial charge in [-0.2, -0.15) is 0 Å². The lowest BCUT2D eigenvalue weighted by Crippen LogP contribution is -1.92. The molecule has 0 aromatic carbocycles. The molecule has 0 aromatic heterocycles. The third-order valence-electron chi connectivity index (χ3n) is 2.52. The number of hydrogen-bond donors (Lipinski definition) is 0. The molecule has 0 amide bonds.